The Kier molecular flexibility index (Phi) is 2.98. The van der Waals surface area contributed by atoms with Crippen molar-refractivity contribution in [3.05, 3.63) is 11.7 Å². The maximum absolute atomic E-state index is 11.3. The summed E-state index contributed by atoms with van der Waals surface area (Å²) in [6, 6.07) is -0.284. The fourth-order valence-electron chi connectivity index (χ4n) is 1.75. The van der Waals surface area contributed by atoms with Crippen molar-refractivity contribution >= 4 is 9.84 Å². The Morgan fingerprint density at radius 1 is 1.44 bits per heavy atom. The summed E-state index contributed by atoms with van der Waals surface area (Å²) in [6.45, 7) is 1.77. The molecule has 2 rings (SSSR count). The zero-order valence-electron chi connectivity index (χ0n) is 9.09. The van der Waals surface area contributed by atoms with E-state index in [4.69, 9.17) is 10.3 Å². The fourth-order valence-corrected chi connectivity index (χ4v) is 3.24. The van der Waals surface area contributed by atoms with Crippen LogP contribution in [-0.2, 0) is 9.84 Å². The van der Waals surface area contributed by atoms with Crippen molar-refractivity contribution in [3.63, 3.8) is 0 Å². The summed E-state index contributed by atoms with van der Waals surface area (Å²) in [5.74, 6) is 1.49. The van der Waals surface area contributed by atoms with Crippen molar-refractivity contribution in [3.8, 4) is 0 Å². The molecule has 0 radical (unpaired) electrons. The summed E-state index contributed by atoms with van der Waals surface area (Å²) < 4.78 is 27.5. The second-order valence-electron chi connectivity index (χ2n) is 4.21. The second kappa shape index (κ2) is 4.14. The Morgan fingerprint density at radius 3 is 2.56 bits per heavy atom. The van der Waals surface area contributed by atoms with Crippen LogP contribution in [0.25, 0.3) is 0 Å². The third kappa shape index (κ3) is 2.41. The minimum atomic E-state index is -2.84. The molecule has 1 aromatic heterocycles. The molecule has 2 N–H and O–H groups in total. The predicted molar refractivity (Wildman–Crippen MR) is 57.5 cm³/mol. The van der Waals surface area contributed by atoms with Gasteiger partial charge >= 0.3 is 0 Å². The van der Waals surface area contributed by atoms with E-state index in [1.54, 1.807) is 6.92 Å². The van der Waals surface area contributed by atoms with Crippen LogP contribution in [0.4, 0.5) is 0 Å². The van der Waals surface area contributed by atoms with Gasteiger partial charge in [-0.05, 0) is 19.8 Å². The van der Waals surface area contributed by atoms with Gasteiger partial charge < -0.3 is 10.3 Å². The molecule has 0 amide bonds. The van der Waals surface area contributed by atoms with E-state index in [2.05, 4.69) is 10.1 Å². The van der Waals surface area contributed by atoms with Gasteiger partial charge in [-0.3, -0.25) is 0 Å². The van der Waals surface area contributed by atoms with Crippen LogP contribution < -0.4 is 5.73 Å². The molecule has 1 fully saturated rings. The van der Waals surface area contributed by atoms with E-state index in [1.807, 2.05) is 0 Å². The fraction of sp³-hybridized carbons (Fsp3) is 0.778. The molecule has 1 atom stereocenters. The van der Waals surface area contributed by atoms with E-state index < -0.39 is 9.84 Å². The van der Waals surface area contributed by atoms with Gasteiger partial charge in [0.25, 0.3) is 0 Å². The number of nitrogens with two attached hydrogens (primary N) is 1. The largest absolute Gasteiger partial charge is 0.338 e. The van der Waals surface area contributed by atoms with Crippen molar-refractivity contribution in [2.45, 2.75) is 31.7 Å². The highest BCUT2D eigenvalue weighted by Gasteiger charge is 2.28. The van der Waals surface area contributed by atoms with Crippen LogP contribution in [-0.4, -0.2) is 30.1 Å². The van der Waals surface area contributed by atoms with E-state index >= 15 is 0 Å². The molecule has 1 unspecified atom stereocenters. The van der Waals surface area contributed by atoms with Crippen molar-refractivity contribution in [1.82, 2.24) is 10.1 Å². The molecule has 90 valence electrons. The Labute approximate surface area is 94.1 Å². The van der Waals surface area contributed by atoms with Crippen LogP contribution in [0.1, 0.15) is 43.4 Å². The highest BCUT2D eigenvalue weighted by Crippen LogP contribution is 2.27. The molecule has 7 heteroatoms. The number of hydrogen-bond donors (Lipinski definition) is 1. The average Bonchev–Trinajstić information content (AvgIpc) is 2.66. The molecule has 1 aromatic rings. The lowest BCUT2D eigenvalue weighted by Gasteiger charge is -2.18. The summed E-state index contributed by atoms with van der Waals surface area (Å²) in [4.78, 5) is 4.18. The van der Waals surface area contributed by atoms with E-state index in [0.717, 1.165) is 0 Å². The quantitative estimate of drug-likeness (QED) is 0.808. The molecule has 0 bridgehead atoms. The lowest BCUT2D eigenvalue weighted by atomic mass is 10.0. The standard InChI is InChI=1S/C9H15N3O3S/c1-6(10)9-11-8(12-15-9)7-2-4-16(13,14)5-3-7/h6-7H,2-5,10H2,1H3. The molecule has 0 saturated carbocycles. The van der Waals surface area contributed by atoms with E-state index in [9.17, 15) is 8.42 Å². The Hall–Kier alpha value is -0.950. The zero-order chi connectivity index (χ0) is 11.8. The molecule has 2 heterocycles. The molecule has 0 spiro atoms. The predicted octanol–water partition coefficient (Wildman–Crippen LogP) is 0.381. The van der Waals surface area contributed by atoms with Crippen LogP contribution in [0.2, 0.25) is 0 Å². The van der Waals surface area contributed by atoms with E-state index in [0.29, 0.717) is 24.6 Å². The smallest absolute Gasteiger partial charge is 0.243 e. The summed E-state index contributed by atoms with van der Waals surface area (Å²) in [5.41, 5.74) is 5.61. The number of aromatic nitrogens is 2. The van der Waals surface area contributed by atoms with Gasteiger partial charge in [0.05, 0.1) is 17.5 Å². The Morgan fingerprint density at radius 2 is 2.06 bits per heavy atom. The number of rotatable bonds is 2. The third-order valence-electron chi connectivity index (χ3n) is 2.77. The summed E-state index contributed by atoms with van der Waals surface area (Å²) in [5, 5.41) is 3.85. The van der Waals surface area contributed by atoms with Crippen molar-refractivity contribution < 1.29 is 12.9 Å². The van der Waals surface area contributed by atoms with Gasteiger partial charge in [0, 0.05) is 5.92 Å². The average molecular weight is 245 g/mol. The van der Waals surface area contributed by atoms with Gasteiger partial charge in [0.15, 0.2) is 5.82 Å². The first kappa shape index (κ1) is 11.5. The second-order valence-corrected chi connectivity index (χ2v) is 6.51. The molecule has 0 aliphatic carbocycles. The number of hydrogen-bond acceptors (Lipinski definition) is 6. The van der Waals surface area contributed by atoms with Gasteiger partial charge in [0.1, 0.15) is 9.84 Å². The minimum absolute atomic E-state index is 0.0831. The summed E-state index contributed by atoms with van der Waals surface area (Å²) >= 11 is 0. The molecule has 1 aliphatic heterocycles. The van der Waals surface area contributed by atoms with Gasteiger partial charge in [-0.2, -0.15) is 4.98 Å². The first-order chi connectivity index (χ1) is 7.48. The van der Waals surface area contributed by atoms with E-state index in [-0.39, 0.29) is 23.5 Å². The topological polar surface area (TPSA) is 99.1 Å². The lowest BCUT2D eigenvalue weighted by Crippen LogP contribution is -2.22. The lowest BCUT2D eigenvalue weighted by molar-refractivity contribution is 0.353. The van der Waals surface area contributed by atoms with Crippen LogP contribution in [0.5, 0.6) is 0 Å². The minimum Gasteiger partial charge on any atom is -0.338 e. The van der Waals surface area contributed by atoms with Gasteiger partial charge in [-0.1, -0.05) is 5.16 Å². The van der Waals surface area contributed by atoms with Gasteiger partial charge in [-0.15, -0.1) is 0 Å². The molecule has 1 saturated heterocycles. The number of sulfone groups is 1. The summed E-state index contributed by atoms with van der Waals surface area (Å²) in [7, 11) is -2.84. The highest BCUT2D eigenvalue weighted by molar-refractivity contribution is 7.91. The summed E-state index contributed by atoms with van der Waals surface area (Å²) in [6.07, 6.45) is 1.14. The number of nitrogens with zero attached hydrogens (tertiary/aromatic N) is 2. The van der Waals surface area contributed by atoms with Crippen molar-refractivity contribution in [2.24, 2.45) is 5.73 Å². The van der Waals surface area contributed by atoms with Crippen molar-refractivity contribution in [2.75, 3.05) is 11.5 Å². The normalized spacial score (nSPS) is 23.1. The van der Waals surface area contributed by atoms with Crippen LogP contribution in [0.3, 0.4) is 0 Å². The third-order valence-corrected chi connectivity index (χ3v) is 4.48. The molecule has 16 heavy (non-hydrogen) atoms. The molecular formula is C9H15N3O3S. The molecule has 6 nitrogen and oxygen atoms in total. The van der Waals surface area contributed by atoms with E-state index in [1.165, 1.54) is 0 Å². The Balaban J connectivity index is 2.08. The zero-order valence-corrected chi connectivity index (χ0v) is 9.90. The molecule has 0 aromatic carbocycles. The van der Waals surface area contributed by atoms with Crippen LogP contribution in [0.15, 0.2) is 4.52 Å². The Bertz CT molecular complexity index is 452. The maximum atomic E-state index is 11.3. The monoisotopic (exact) mass is 245 g/mol. The molecule has 1 aliphatic rings. The maximum Gasteiger partial charge on any atom is 0.243 e. The van der Waals surface area contributed by atoms with Crippen LogP contribution >= 0.6 is 0 Å². The molecular weight excluding hydrogens is 230 g/mol. The first-order valence-corrected chi connectivity index (χ1v) is 7.09. The highest BCUT2D eigenvalue weighted by atomic mass is 32.2. The first-order valence-electron chi connectivity index (χ1n) is 5.27. The SMILES string of the molecule is CC(N)c1nc(C2CCS(=O)(=O)CC2)no1. The van der Waals surface area contributed by atoms with Crippen LogP contribution in [0, 0.1) is 0 Å². The van der Waals surface area contributed by atoms with Gasteiger partial charge in [-0.25, -0.2) is 8.42 Å². The van der Waals surface area contributed by atoms with Gasteiger partial charge in [0.2, 0.25) is 5.89 Å². The van der Waals surface area contributed by atoms with Crippen molar-refractivity contribution in [1.29, 1.82) is 0 Å².